The molecule has 1 aliphatic rings. The number of carbonyl (C=O) groups excluding carboxylic acids is 1. The highest BCUT2D eigenvalue weighted by Gasteiger charge is 2.23. The Morgan fingerprint density at radius 3 is 2.56 bits per heavy atom. The van der Waals surface area contributed by atoms with E-state index in [2.05, 4.69) is 45.9 Å². The summed E-state index contributed by atoms with van der Waals surface area (Å²) in [5, 5.41) is 8.16. The lowest BCUT2D eigenvalue weighted by molar-refractivity contribution is -0.126. The largest absolute Gasteiger partial charge is 0.471 e. The summed E-state index contributed by atoms with van der Waals surface area (Å²) in [6, 6.07) is 15.0. The molecule has 1 aliphatic heterocycles. The van der Waals surface area contributed by atoms with Crippen LogP contribution in [-0.2, 0) is 29.2 Å². The molecule has 2 heterocycles. The highest BCUT2D eigenvalue weighted by atomic mass is 19.1. The summed E-state index contributed by atoms with van der Waals surface area (Å²) in [6.07, 6.45) is 0. The Balaban J connectivity index is 0.000000481. The fourth-order valence-corrected chi connectivity index (χ4v) is 3.20. The molecular formula is C21H22FN3O2. The van der Waals surface area contributed by atoms with Crippen molar-refractivity contribution in [3.8, 4) is 11.3 Å². The van der Waals surface area contributed by atoms with E-state index in [1.54, 1.807) is 0 Å². The summed E-state index contributed by atoms with van der Waals surface area (Å²) in [5.74, 6) is -0.208. The summed E-state index contributed by atoms with van der Waals surface area (Å²) in [6.45, 7) is 4.81. The number of nitrogens with one attached hydrogen (secondary N) is 1. The summed E-state index contributed by atoms with van der Waals surface area (Å²) in [5.41, 5.74) is 7.07. The molecule has 1 N–H and O–H groups in total. The smallest absolute Gasteiger partial charge is 0.292 e. The van der Waals surface area contributed by atoms with Crippen molar-refractivity contribution in [2.75, 3.05) is 7.11 Å². The number of benzene rings is 2. The predicted molar refractivity (Wildman–Crippen MR) is 102 cm³/mol. The molecule has 4 rings (SSSR count). The Hall–Kier alpha value is -2.99. The molecule has 0 spiro atoms. The molecular weight excluding hydrogens is 345 g/mol. The molecule has 27 heavy (non-hydrogen) atoms. The number of nitrogens with zero attached hydrogens (tertiary/aromatic N) is 2. The van der Waals surface area contributed by atoms with E-state index in [9.17, 15) is 4.39 Å². The first-order chi connectivity index (χ1) is 13.1. The van der Waals surface area contributed by atoms with E-state index in [0.29, 0.717) is 13.0 Å². The van der Waals surface area contributed by atoms with Crippen LogP contribution in [0, 0.1) is 12.7 Å². The molecule has 0 radical (unpaired) electrons. The number of halogens is 1. The summed E-state index contributed by atoms with van der Waals surface area (Å²) in [4.78, 5) is 8.95. The Morgan fingerprint density at radius 2 is 1.89 bits per heavy atom. The predicted octanol–water partition coefficient (Wildman–Crippen LogP) is 3.44. The molecule has 140 valence electrons. The molecule has 0 saturated heterocycles. The first kappa shape index (κ1) is 18.8. The van der Waals surface area contributed by atoms with Crippen molar-refractivity contribution in [1.29, 1.82) is 0 Å². The number of rotatable bonds is 4. The van der Waals surface area contributed by atoms with Gasteiger partial charge in [0.15, 0.2) is 0 Å². The molecule has 0 aliphatic carbocycles. The van der Waals surface area contributed by atoms with Gasteiger partial charge in [0.2, 0.25) is 0 Å². The van der Waals surface area contributed by atoms with Crippen LogP contribution in [0.4, 0.5) is 4.39 Å². The maximum atomic E-state index is 13.1. The maximum absolute atomic E-state index is 13.1. The number of fused-ring (bicyclic) bond motifs is 1. The number of aryl methyl sites for hydroxylation is 1. The lowest BCUT2D eigenvalue weighted by Crippen LogP contribution is -2.10. The van der Waals surface area contributed by atoms with Gasteiger partial charge in [0.25, 0.3) is 6.47 Å². The monoisotopic (exact) mass is 367 g/mol. The number of hydrogen-bond acceptors (Lipinski definition) is 4. The minimum Gasteiger partial charge on any atom is -0.471 e. The van der Waals surface area contributed by atoms with Crippen LogP contribution >= 0.6 is 0 Å². The average molecular weight is 367 g/mol. The molecule has 1 aromatic heterocycles. The summed E-state index contributed by atoms with van der Waals surface area (Å²) < 4.78 is 19.0. The molecule has 0 atom stereocenters. The van der Waals surface area contributed by atoms with Crippen LogP contribution < -0.4 is 5.32 Å². The van der Waals surface area contributed by atoms with Crippen LogP contribution in [0.15, 0.2) is 48.5 Å². The number of aromatic nitrogens is 2. The number of methoxy groups -OCH3 is 1. The minimum absolute atomic E-state index is 0.208. The summed E-state index contributed by atoms with van der Waals surface area (Å²) in [7, 11) is 1.31. The fraction of sp³-hybridized carbons (Fsp3) is 0.238. The second-order valence-electron chi connectivity index (χ2n) is 6.31. The highest BCUT2D eigenvalue weighted by molar-refractivity contribution is 5.68. The molecule has 0 bridgehead atoms. The van der Waals surface area contributed by atoms with Crippen LogP contribution in [0.2, 0.25) is 0 Å². The number of hydrogen-bond donors (Lipinski definition) is 1. The van der Waals surface area contributed by atoms with Crippen molar-refractivity contribution in [2.24, 2.45) is 0 Å². The van der Waals surface area contributed by atoms with Crippen LogP contribution in [0.5, 0.6) is 0 Å². The van der Waals surface area contributed by atoms with E-state index < -0.39 is 0 Å². The van der Waals surface area contributed by atoms with Gasteiger partial charge in [-0.25, -0.2) is 4.39 Å². The lowest BCUT2D eigenvalue weighted by atomic mass is 10.0. The summed E-state index contributed by atoms with van der Waals surface area (Å²) >= 11 is 0. The van der Waals surface area contributed by atoms with Gasteiger partial charge in [-0.15, -0.1) is 0 Å². The molecule has 5 nitrogen and oxygen atoms in total. The van der Waals surface area contributed by atoms with E-state index in [-0.39, 0.29) is 5.82 Å². The van der Waals surface area contributed by atoms with Crippen LogP contribution in [0.1, 0.15) is 22.4 Å². The van der Waals surface area contributed by atoms with Crippen molar-refractivity contribution in [1.82, 2.24) is 15.1 Å². The SMILES string of the molecule is COC=O.Cc1ccccc1-c1c2c(nn1Cc1ccc(F)cc1)CNC2. The van der Waals surface area contributed by atoms with Crippen LogP contribution in [0.3, 0.4) is 0 Å². The van der Waals surface area contributed by atoms with Crippen molar-refractivity contribution in [3.63, 3.8) is 0 Å². The third kappa shape index (κ3) is 4.23. The van der Waals surface area contributed by atoms with Gasteiger partial charge in [-0.2, -0.15) is 5.10 Å². The van der Waals surface area contributed by atoms with E-state index in [1.165, 1.54) is 41.6 Å². The van der Waals surface area contributed by atoms with E-state index >= 15 is 0 Å². The zero-order valence-corrected chi connectivity index (χ0v) is 15.4. The van der Waals surface area contributed by atoms with Crippen LogP contribution in [-0.4, -0.2) is 23.4 Å². The quantitative estimate of drug-likeness (QED) is 0.718. The number of ether oxygens (including phenoxy) is 1. The Morgan fingerprint density at radius 1 is 1.19 bits per heavy atom. The third-order valence-corrected chi connectivity index (χ3v) is 4.47. The second-order valence-corrected chi connectivity index (χ2v) is 6.31. The van der Waals surface area contributed by atoms with Gasteiger partial charge in [0.05, 0.1) is 25.0 Å². The Labute approximate surface area is 157 Å². The minimum atomic E-state index is -0.208. The number of carbonyl (C=O) groups is 1. The van der Waals surface area contributed by atoms with E-state index in [0.717, 1.165) is 24.3 Å². The standard InChI is InChI=1S/C19H18FN3.C2H4O2/c1-13-4-2-3-5-16(13)19-17-10-21-11-18(17)22-23(19)12-14-6-8-15(20)9-7-14;1-4-2-3/h2-9,21H,10-12H2,1H3;2H,1H3. The zero-order chi connectivity index (χ0) is 19.2. The Kier molecular flexibility index (Phi) is 5.98. The normalized spacial score (nSPS) is 12.1. The molecule has 0 saturated carbocycles. The van der Waals surface area contributed by atoms with Crippen molar-refractivity contribution in [3.05, 3.63) is 76.7 Å². The first-order valence-electron chi connectivity index (χ1n) is 8.70. The van der Waals surface area contributed by atoms with Crippen molar-refractivity contribution < 1.29 is 13.9 Å². The van der Waals surface area contributed by atoms with Gasteiger partial charge in [-0.1, -0.05) is 36.4 Å². The molecule has 3 aromatic rings. The first-order valence-corrected chi connectivity index (χ1v) is 8.70. The molecule has 2 aromatic carbocycles. The van der Waals surface area contributed by atoms with E-state index in [1.807, 2.05) is 12.1 Å². The average Bonchev–Trinajstić information content (AvgIpc) is 3.25. The van der Waals surface area contributed by atoms with Gasteiger partial charge in [-0.3, -0.25) is 9.48 Å². The van der Waals surface area contributed by atoms with Gasteiger partial charge in [0, 0.05) is 24.2 Å². The fourth-order valence-electron chi connectivity index (χ4n) is 3.20. The van der Waals surface area contributed by atoms with Crippen molar-refractivity contribution >= 4 is 6.47 Å². The third-order valence-electron chi connectivity index (χ3n) is 4.47. The van der Waals surface area contributed by atoms with Crippen molar-refractivity contribution in [2.45, 2.75) is 26.6 Å². The zero-order valence-electron chi connectivity index (χ0n) is 15.4. The van der Waals surface area contributed by atoms with Gasteiger partial charge >= 0.3 is 0 Å². The van der Waals surface area contributed by atoms with E-state index in [4.69, 9.17) is 9.89 Å². The van der Waals surface area contributed by atoms with Gasteiger partial charge in [-0.05, 0) is 30.2 Å². The maximum Gasteiger partial charge on any atom is 0.292 e. The van der Waals surface area contributed by atoms with Gasteiger partial charge < -0.3 is 10.1 Å². The topological polar surface area (TPSA) is 56.1 Å². The Bertz CT molecular complexity index is 920. The molecule has 0 amide bonds. The lowest BCUT2D eigenvalue weighted by Gasteiger charge is -2.12. The van der Waals surface area contributed by atoms with Crippen LogP contribution in [0.25, 0.3) is 11.3 Å². The molecule has 6 heteroatoms. The van der Waals surface area contributed by atoms with Gasteiger partial charge in [0.1, 0.15) is 5.82 Å². The second kappa shape index (κ2) is 8.60. The molecule has 0 unspecified atom stereocenters. The highest BCUT2D eigenvalue weighted by Crippen LogP contribution is 2.31. The molecule has 0 fully saturated rings.